The van der Waals surface area contributed by atoms with Crippen molar-refractivity contribution in [3.05, 3.63) is 0 Å². The molecule has 0 aromatic carbocycles. The van der Waals surface area contributed by atoms with Crippen LogP contribution in [0.1, 0.15) is 47.5 Å². The van der Waals surface area contributed by atoms with Gasteiger partial charge in [-0.3, -0.25) is 9.59 Å². The lowest BCUT2D eigenvalue weighted by molar-refractivity contribution is -0.156. The van der Waals surface area contributed by atoms with E-state index >= 15 is 0 Å². The molecule has 0 radical (unpaired) electrons. The highest BCUT2D eigenvalue weighted by Gasteiger charge is 2.47. The molecule has 4 nitrogen and oxygen atoms in total. The third kappa shape index (κ3) is 4.19. The maximum absolute atomic E-state index is 12.1. The zero-order chi connectivity index (χ0) is 17.3. The van der Waals surface area contributed by atoms with Crippen LogP contribution < -0.4 is 0 Å². The molecule has 22 heavy (non-hydrogen) atoms. The first-order chi connectivity index (χ1) is 9.90. The second-order valence-corrected chi connectivity index (χ2v) is 13.1. The largest absolute Gasteiger partial charge is 0.469 e. The van der Waals surface area contributed by atoms with Crippen molar-refractivity contribution in [2.45, 2.75) is 71.7 Å². The molecule has 1 aliphatic rings. The fraction of sp³-hybridized carbons (Fsp3) is 0.882. The molecule has 0 unspecified atom stereocenters. The van der Waals surface area contributed by atoms with Crippen molar-refractivity contribution in [1.29, 1.82) is 0 Å². The molecule has 0 aliphatic heterocycles. The van der Waals surface area contributed by atoms with Crippen LogP contribution in [0.4, 0.5) is 0 Å². The topological polar surface area (TPSA) is 52.6 Å². The minimum Gasteiger partial charge on any atom is -0.469 e. The number of methoxy groups -OCH3 is 1. The molecule has 0 saturated heterocycles. The van der Waals surface area contributed by atoms with Gasteiger partial charge in [0.05, 0.1) is 19.1 Å². The molecule has 0 bridgehead atoms. The van der Waals surface area contributed by atoms with Crippen LogP contribution in [0, 0.1) is 17.8 Å². The highest BCUT2D eigenvalue weighted by Crippen LogP contribution is 2.43. The molecule has 0 amide bonds. The Morgan fingerprint density at radius 2 is 1.77 bits per heavy atom. The predicted molar refractivity (Wildman–Crippen MR) is 90.1 cm³/mol. The van der Waals surface area contributed by atoms with E-state index in [1.807, 2.05) is 0 Å². The summed E-state index contributed by atoms with van der Waals surface area (Å²) in [4.78, 5) is 24.3. The predicted octanol–water partition coefficient (Wildman–Crippen LogP) is 3.80. The molecule has 1 saturated carbocycles. The van der Waals surface area contributed by atoms with E-state index in [1.165, 1.54) is 7.11 Å². The molecular formula is C17H32O4Si. The lowest BCUT2D eigenvalue weighted by Crippen LogP contribution is -2.51. The van der Waals surface area contributed by atoms with Crippen LogP contribution in [-0.4, -0.2) is 33.3 Å². The van der Waals surface area contributed by atoms with Gasteiger partial charge in [0.2, 0.25) is 0 Å². The summed E-state index contributed by atoms with van der Waals surface area (Å²) in [7, 11) is -0.597. The van der Waals surface area contributed by atoms with Gasteiger partial charge in [-0.25, -0.2) is 0 Å². The van der Waals surface area contributed by atoms with Crippen molar-refractivity contribution in [3.8, 4) is 0 Å². The Bertz CT molecular complexity index is 423. The van der Waals surface area contributed by atoms with E-state index in [9.17, 15) is 9.59 Å². The quantitative estimate of drug-likeness (QED) is 0.582. The van der Waals surface area contributed by atoms with Gasteiger partial charge in [-0.2, -0.15) is 0 Å². The molecule has 0 aromatic heterocycles. The smallest absolute Gasteiger partial charge is 0.309 e. The van der Waals surface area contributed by atoms with Gasteiger partial charge in [0.15, 0.2) is 8.32 Å². The van der Waals surface area contributed by atoms with Gasteiger partial charge in [0, 0.05) is 18.8 Å². The van der Waals surface area contributed by atoms with E-state index in [2.05, 4.69) is 47.7 Å². The van der Waals surface area contributed by atoms with Crippen molar-refractivity contribution in [2.75, 3.05) is 7.11 Å². The maximum Gasteiger partial charge on any atom is 0.309 e. The maximum atomic E-state index is 12.1. The summed E-state index contributed by atoms with van der Waals surface area (Å²) in [6.07, 6.45) is 0.529. The average Bonchev–Trinajstić information content (AvgIpc) is 2.34. The van der Waals surface area contributed by atoms with Gasteiger partial charge in [-0.15, -0.1) is 0 Å². The monoisotopic (exact) mass is 328 g/mol. The van der Waals surface area contributed by atoms with Gasteiger partial charge in [-0.1, -0.05) is 34.6 Å². The number of esters is 1. The minimum atomic E-state index is -1.99. The van der Waals surface area contributed by atoms with Crippen LogP contribution in [0.2, 0.25) is 18.1 Å². The third-order valence-corrected chi connectivity index (χ3v) is 9.80. The zero-order valence-electron chi connectivity index (χ0n) is 15.4. The molecule has 1 aliphatic carbocycles. The number of ketones is 1. The van der Waals surface area contributed by atoms with Crippen LogP contribution in [0.15, 0.2) is 0 Å². The van der Waals surface area contributed by atoms with Gasteiger partial charge in [0.1, 0.15) is 5.78 Å². The van der Waals surface area contributed by atoms with Crippen molar-refractivity contribution in [3.63, 3.8) is 0 Å². The van der Waals surface area contributed by atoms with Gasteiger partial charge < -0.3 is 9.16 Å². The van der Waals surface area contributed by atoms with Crippen LogP contribution >= 0.6 is 0 Å². The standard InChI is InChI=1S/C17H32O4Si/c1-11(2)15-13(16(19)20-6)9-12(18)10-14(15)21-22(7,8)17(3,4)5/h11,13-15H,9-10H2,1-8H3/t13-,14-,15+/m0/s1. The molecule has 0 heterocycles. The highest BCUT2D eigenvalue weighted by atomic mass is 28.4. The molecule has 5 heteroatoms. The molecule has 128 valence electrons. The number of carbonyl (C=O) groups is 2. The molecular weight excluding hydrogens is 296 g/mol. The Morgan fingerprint density at radius 3 is 2.18 bits per heavy atom. The van der Waals surface area contributed by atoms with E-state index < -0.39 is 8.32 Å². The Hall–Kier alpha value is -0.683. The van der Waals surface area contributed by atoms with Crippen LogP contribution in [0.25, 0.3) is 0 Å². The second-order valence-electron chi connectivity index (χ2n) is 8.31. The fourth-order valence-electron chi connectivity index (χ4n) is 3.05. The molecule has 3 atom stereocenters. The lowest BCUT2D eigenvalue weighted by Gasteiger charge is -2.45. The van der Waals surface area contributed by atoms with Crippen molar-refractivity contribution in [2.24, 2.45) is 17.8 Å². The first-order valence-corrected chi connectivity index (χ1v) is 11.1. The first kappa shape index (κ1) is 19.4. The van der Waals surface area contributed by atoms with E-state index in [-0.39, 0.29) is 47.1 Å². The normalized spacial score (nSPS) is 27.1. The molecule has 1 fully saturated rings. The number of rotatable bonds is 4. The van der Waals surface area contributed by atoms with E-state index in [1.54, 1.807) is 0 Å². The summed E-state index contributed by atoms with van der Waals surface area (Å²) in [5, 5.41) is 0.0792. The summed E-state index contributed by atoms with van der Waals surface area (Å²) < 4.78 is 11.5. The number of hydrogen-bond donors (Lipinski definition) is 0. The average molecular weight is 329 g/mol. The molecule has 0 aromatic rings. The van der Waals surface area contributed by atoms with Crippen LogP contribution in [0.3, 0.4) is 0 Å². The van der Waals surface area contributed by atoms with Gasteiger partial charge in [0.25, 0.3) is 0 Å². The minimum absolute atomic E-state index is 0.0410. The Balaban J connectivity index is 3.09. The third-order valence-electron chi connectivity index (χ3n) is 5.30. The second kappa shape index (κ2) is 6.83. The number of hydrogen-bond acceptors (Lipinski definition) is 4. The Morgan fingerprint density at radius 1 is 1.23 bits per heavy atom. The highest BCUT2D eigenvalue weighted by molar-refractivity contribution is 6.74. The fourth-order valence-corrected chi connectivity index (χ4v) is 4.40. The number of ether oxygens (including phenoxy) is 1. The van der Waals surface area contributed by atoms with Gasteiger partial charge >= 0.3 is 5.97 Å². The van der Waals surface area contributed by atoms with E-state index in [4.69, 9.17) is 9.16 Å². The van der Waals surface area contributed by atoms with E-state index in [0.29, 0.717) is 6.42 Å². The summed E-state index contributed by atoms with van der Waals surface area (Å²) >= 11 is 0. The summed E-state index contributed by atoms with van der Waals surface area (Å²) in [5.74, 6) is -0.237. The summed E-state index contributed by atoms with van der Waals surface area (Å²) in [6.45, 7) is 15.1. The summed E-state index contributed by atoms with van der Waals surface area (Å²) in [6, 6.07) is 0. The first-order valence-electron chi connectivity index (χ1n) is 8.18. The van der Waals surface area contributed by atoms with Crippen molar-refractivity contribution < 1.29 is 18.8 Å². The SMILES string of the molecule is COC(=O)[C@H]1CC(=O)C[C@H](O[Si](C)(C)C(C)(C)C)[C@@H]1C(C)C. The Labute approximate surface area is 136 Å². The van der Waals surface area contributed by atoms with E-state index in [0.717, 1.165) is 0 Å². The Kier molecular flexibility index (Phi) is 6.01. The zero-order valence-corrected chi connectivity index (χ0v) is 16.4. The van der Waals surface area contributed by atoms with Crippen molar-refractivity contribution >= 4 is 20.1 Å². The number of carbonyl (C=O) groups excluding carboxylic acids is 2. The van der Waals surface area contributed by atoms with Crippen LogP contribution in [-0.2, 0) is 18.8 Å². The van der Waals surface area contributed by atoms with Gasteiger partial charge in [-0.05, 0) is 24.1 Å². The summed E-state index contributed by atoms with van der Waals surface area (Å²) in [5.41, 5.74) is 0. The van der Waals surface area contributed by atoms with Crippen LogP contribution in [0.5, 0.6) is 0 Å². The molecule has 0 N–H and O–H groups in total. The molecule has 0 spiro atoms. The molecule has 1 rings (SSSR count). The lowest BCUT2D eigenvalue weighted by atomic mass is 9.71. The number of Topliss-reactive ketones (excluding diaryl/α,β-unsaturated/α-hetero) is 1. The van der Waals surface area contributed by atoms with Crippen molar-refractivity contribution in [1.82, 2.24) is 0 Å².